The van der Waals surface area contributed by atoms with Gasteiger partial charge in [-0.3, -0.25) is 0 Å². The Labute approximate surface area is 134 Å². The number of hydrogen-bond acceptors (Lipinski definition) is 3. The summed E-state index contributed by atoms with van der Waals surface area (Å²) in [7, 11) is 0. The fourth-order valence-electron chi connectivity index (χ4n) is 3.04. The number of ether oxygens (including phenoxy) is 1. The van der Waals surface area contributed by atoms with Crippen LogP contribution < -0.4 is 5.32 Å². The molecule has 0 amide bonds. The van der Waals surface area contributed by atoms with Gasteiger partial charge in [0.15, 0.2) is 0 Å². The largest absolute Gasteiger partial charge is 0.458 e. The standard InChI is InChI=1S/C17H22BrNO2/c1-2-19-15(9-8-13-6-4-10-20-13)16-11-12-5-3-7-14(18)17(12)21-16/h3,5,7,11,13,15,19H,2,4,6,8-10H2,1H3. The minimum atomic E-state index is 0.262. The van der Waals surface area contributed by atoms with Crippen LogP contribution in [0.1, 0.15) is 44.4 Å². The normalized spacial score (nSPS) is 20.2. The fourth-order valence-corrected chi connectivity index (χ4v) is 3.50. The zero-order valence-electron chi connectivity index (χ0n) is 12.4. The van der Waals surface area contributed by atoms with Crippen molar-refractivity contribution < 1.29 is 9.15 Å². The molecule has 0 aliphatic carbocycles. The van der Waals surface area contributed by atoms with E-state index in [1.807, 2.05) is 12.1 Å². The maximum Gasteiger partial charge on any atom is 0.148 e. The first-order chi connectivity index (χ1) is 10.3. The molecule has 1 saturated heterocycles. The van der Waals surface area contributed by atoms with Gasteiger partial charge in [-0.05, 0) is 60.3 Å². The van der Waals surface area contributed by atoms with Gasteiger partial charge in [-0.1, -0.05) is 19.1 Å². The number of hydrogen-bond donors (Lipinski definition) is 1. The predicted octanol–water partition coefficient (Wildman–Crippen LogP) is 4.81. The Bertz CT molecular complexity index is 589. The molecular formula is C17H22BrNO2. The summed E-state index contributed by atoms with van der Waals surface area (Å²) in [6.45, 7) is 4.00. The molecular weight excluding hydrogens is 330 g/mol. The van der Waals surface area contributed by atoms with E-state index in [1.165, 1.54) is 12.8 Å². The summed E-state index contributed by atoms with van der Waals surface area (Å²) in [6.07, 6.45) is 4.98. The SMILES string of the molecule is CCNC(CCC1CCCO1)c1cc2cccc(Br)c2o1. The zero-order valence-corrected chi connectivity index (χ0v) is 14.0. The van der Waals surface area contributed by atoms with Crippen LogP contribution >= 0.6 is 15.9 Å². The van der Waals surface area contributed by atoms with Gasteiger partial charge in [0.1, 0.15) is 11.3 Å². The Morgan fingerprint density at radius 3 is 3.05 bits per heavy atom. The lowest BCUT2D eigenvalue weighted by Gasteiger charge is -2.17. The molecule has 0 bridgehead atoms. The monoisotopic (exact) mass is 351 g/mol. The lowest BCUT2D eigenvalue weighted by Crippen LogP contribution is -2.22. The third-order valence-electron chi connectivity index (χ3n) is 4.11. The summed E-state index contributed by atoms with van der Waals surface area (Å²) in [5.41, 5.74) is 0.938. The highest BCUT2D eigenvalue weighted by Gasteiger charge is 2.21. The maximum atomic E-state index is 6.08. The third kappa shape index (κ3) is 3.50. The smallest absolute Gasteiger partial charge is 0.148 e. The minimum Gasteiger partial charge on any atom is -0.458 e. The average Bonchev–Trinajstić information content (AvgIpc) is 3.13. The van der Waals surface area contributed by atoms with E-state index in [0.29, 0.717) is 6.10 Å². The summed E-state index contributed by atoms with van der Waals surface area (Å²) >= 11 is 3.56. The van der Waals surface area contributed by atoms with Crippen molar-refractivity contribution in [3.63, 3.8) is 0 Å². The number of para-hydroxylation sites is 1. The van der Waals surface area contributed by atoms with Crippen molar-refractivity contribution >= 4 is 26.9 Å². The Hall–Kier alpha value is -0.840. The van der Waals surface area contributed by atoms with Crippen LogP contribution in [0, 0.1) is 0 Å². The van der Waals surface area contributed by atoms with Crippen LogP contribution in [0.2, 0.25) is 0 Å². The molecule has 1 fully saturated rings. The molecule has 2 aromatic rings. The molecule has 3 rings (SSSR count). The van der Waals surface area contributed by atoms with Crippen molar-refractivity contribution in [2.45, 2.75) is 44.8 Å². The van der Waals surface area contributed by atoms with Gasteiger partial charge in [0, 0.05) is 12.0 Å². The van der Waals surface area contributed by atoms with Gasteiger partial charge in [0.25, 0.3) is 0 Å². The molecule has 1 aromatic heterocycles. The number of benzene rings is 1. The maximum absolute atomic E-state index is 6.08. The van der Waals surface area contributed by atoms with Gasteiger partial charge < -0.3 is 14.5 Å². The van der Waals surface area contributed by atoms with Crippen LogP contribution in [-0.2, 0) is 4.74 Å². The summed E-state index contributed by atoms with van der Waals surface area (Å²) in [5.74, 6) is 1.02. The van der Waals surface area contributed by atoms with Crippen molar-refractivity contribution in [2.24, 2.45) is 0 Å². The van der Waals surface area contributed by atoms with Gasteiger partial charge in [-0.2, -0.15) is 0 Å². The van der Waals surface area contributed by atoms with Crippen molar-refractivity contribution in [3.8, 4) is 0 Å². The molecule has 114 valence electrons. The van der Waals surface area contributed by atoms with Crippen LogP contribution in [-0.4, -0.2) is 19.3 Å². The van der Waals surface area contributed by atoms with Crippen LogP contribution in [0.3, 0.4) is 0 Å². The van der Waals surface area contributed by atoms with E-state index >= 15 is 0 Å². The number of fused-ring (bicyclic) bond motifs is 1. The number of halogens is 1. The molecule has 0 radical (unpaired) electrons. The fraction of sp³-hybridized carbons (Fsp3) is 0.529. The second-order valence-electron chi connectivity index (χ2n) is 5.63. The second kappa shape index (κ2) is 6.95. The molecule has 1 N–H and O–H groups in total. The first kappa shape index (κ1) is 15.1. The van der Waals surface area contributed by atoms with Crippen molar-refractivity contribution in [1.82, 2.24) is 5.32 Å². The van der Waals surface area contributed by atoms with Crippen LogP contribution in [0.15, 0.2) is 33.2 Å². The molecule has 0 saturated carbocycles. The average molecular weight is 352 g/mol. The van der Waals surface area contributed by atoms with Crippen molar-refractivity contribution in [2.75, 3.05) is 13.2 Å². The highest BCUT2D eigenvalue weighted by atomic mass is 79.9. The first-order valence-corrected chi connectivity index (χ1v) is 8.60. The molecule has 1 aliphatic rings. The van der Waals surface area contributed by atoms with Crippen LogP contribution in [0.4, 0.5) is 0 Å². The van der Waals surface area contributed by atoms with Gasteiger partial charge in [0.05, 0.1) is 16.6 Å². The van der Waals surface area contributed by atoms with Gasteiger partial charge in [0.2, 0.25) is 0 Å². The third-order valence-corrected chi connectivity index (χ3v) is 4.73. The van der Waals surface area contributed by atoms with Gasteiger partial charge in [-0.25, -0.2) is 0 Å². The Morgan fingerprint density at radius 2 is 2.33 bits per heavy atom. The summed E-state index contributed by atoms with van der Waals surface area (Å²) in [4.78, 5) is 0. The first-order valence-electron chi connectivity index (χ1n) is 7.81. The van der Waals surface area contributed by atoms with E-state index in [0.717, 1.165) is 47.2 Å². The highest BCUT2D eigenvalue weighted by Crippen LogP contribution is 2.32. The molecule has 21 heavy (non-hydrogen) atoms. The van der Waals surface area contributed by atoms with Gasteiger partial charge >= 0.3 is 0 Å². The molecule has 1 aromatic carbocycles. The number of furan rings is 1. The van der Waals surface area contributed by atoms with E-state index < -0.39 is 0 Å². The molecule has 2 unspecified atom stereocenters. The highest BCUT2D eigenvalue weighted by molar-refractivity contribution is 9.10. The van der Waals surface area contributed by atoms with E-state index in [9.17, 15) is 0 Å². The molecule has 2 heterocycles. The summed E-state index contributed by atoms with van der Waals surface area (Å²) in [5, 5.41) is 4.69. The quantitative estimate of drug-likeness (QED) is 0.811. The predicted molar refractivity (Wildman–Crippen MR) is 88.5 cm³/mol. The number of nitrogens with one attached hydrogen (secondary N) is 1. The zero-order chi connectivity index (χ0) is 14.7. The molecule has 2 atom stereocenters. The summed E-state index contributed by atoms with van der Waals surface area (Å²) < 4.78 is 12.8. The van der Waals surface area contributed by atoms with E-state index in [-0.39, 0.29) is 6.04 Å². The Balaban J connectivity index is 1.75. The van der Waals surface area contributed by atoms with Crippen molar-refractivity contribution in [3.05, 3.63) is 34.5 Å². The summed E-state index contributed by atoms with van der Waals surface area (Å²) in [6, 6.07) is 8.57. The Kier molecular flexibility index (Phi) is 4.99. The van der Waals surface area contributed by atoms with Gasteiger partial charge in [-0.15, -0.1) is 0 Å². The van der Waals surface area contributed by atoms with E-state index in [1.54, 1.807) is 0 Å². The van der Waals surface area contributed by atoms with Crippen LogP contribution in [0.25, 0.3) is 11.0 Å². The molecule has 1 aliphatic heterocycles. The molecule has 4 heteroatoms. The second-order valence-corrected chi connectivity index (χ2v) is 6.48. The number of rotatable bonds is 6. The van der Waals surface area contributed by atoms with Crippen molar-refractivity contribution in [1.29, 1.82) is 0 Å². The molecule has 0 spiro atoms. The minimum absolute atomic E-state index is 0.262. The lowest BCUT2D eigenvalue weighted by molar-refractivity contribution is 0.0989. The topological polar surface area (TPSA) is 34.4 Å². The molecule has 3 nitrogen and oxygen atoms in total. The lowest BCUT2D eigenvalue weighted by atomic mass is 10.0. The Morgan fingerprint density at radius 1 is 1.43 bits per heavy atom. The van der Waals surface area contributed by atoms with E-state index in [2.05, 4.69) is 40.3 Å². The van der Waals surface area contributed by atoms with E-state index in [4.69, 9.17) is 9.15 Å². The van der Waals surface area contributed by atoms with Crippen LogP contribution in [0.5, 0.6) is 0 Å².